The standard InChI is InChI=1S/C18H34N4O2/c1-20-12-7-18(8-13-20,22-10-3-2-4-11-22)15-19-17(24)21-9-5-6-16(23)14-21/h16,23H,2-15H2,1H3,(H,19,24). The summed E-state index contributed by atoms with van der Waals surface area (Å²) in [5.74, 6) is 0. The number of aliphatic hydroxyl groups excluding tert-OH is 1. The lowest BCUT2D eigenvalue weighted by molar-refractivity contribution is 0.0144. The van der Waals surface area contributed by atoms with E-state index in [1.165, 1.54) is 32.4 Å². The number of carbonyl (C=O) groups is 1. The summed E-state index contributed by atoms with van der Waals surface area (Å²) in [7, 11) is 2.19. The summed E-state index contributed by atoms with van der Waals surface area (Å²) in [5.41, 5.74) is 0.122. The van der Waals surface area contributed by atoms with Crippen molar-refractivity contribution >= 4 is 6.03 Å². The molecule has 0 saturated carbocycles. The maximum Gasteiger partial charge on any atom is 0.317 e. The van der Waals surface area contributed by atoms with Crippen LogP contribution < -0.4 is 5.32 Å². The highest BCUT2D eigenvalue weighted by Gasteiger charge is 2.40. The van der Waals surface area contributed by atoms with E-state index in [4.69, 9.17) is 0 Å². The van der Waals surface area contributed by atoms with Crippen LogP contribution in [0, 0.1) is 0 Å². The molecule has 3 rings (SSSR count). The highest BCUT2D eigenvalue weighted by molar-refractivity contribution is 5.74. The van der Waals surface area contributed by atoms with Crippen molar-refractivity contribution in [3.05, 3.63) is 0 Å². The Kier molecular flexibility index (Phi) is 6.00. The number of nitrogens with zero attached hydrogens (tertiary/aromatic N) is 3. The lowest BCUT2D eigenvalue weighted by atomic mass is 9.84. The molecule has 3 saturated heterocycles. The number of rotatable bonds is 3. The zero-order chi connectivity index (χ0) is 17.0. The molecule has 0 radical (unpaired) electrons. The van der Waals surface area contributed by atoms with Gasteiger partial charge >= 0.3 is 6.03 Å². The van der Waals surface area contributed by atoms with E-state index in [2.05, 4.69) is 22.2 Å². The van der Waals surface area contributed by atoms with Crippen LogP contribution in [0.2, 0.25) is 0 Å². The molecule has 24 heavy (non-hydrogen) atoms. The first-order chi connectivity index (χ1) is 11.6. The molecular weight excluding hydrogens is 304 g/mol. The van der Waals surface area contributed by atoms with Crippen LogP contribution in [0.1, 0.15) is 44.9 Å². The zero-order valence-electron chi connectivity index (χ0n) is 15.2. The van der Waals surface area contributed by atoms with Gasteiger partial charge in [-0.3, -0.25) is 4.90 Å². The maximum absolute atomic E-state index is 12.6. The van der Waals surface area contributed by atoms with Gasteiger partial charge < -0.3 is 20.2 Å². The van der Waals surface area contributed by atoms with Crippen molar-refractivity contribution in [2.45, 2.75) is 56.6 Å². The summed E-state index contributed by atoms with van der Waals surface area (Å²) in [6.07, 6.45) is 7.52. The minimum atomic E-state index is -0.358. The molecule has 0 aromatic carbocycles. The van der Waals surface area contributed by atoms with Crippen LogP contribution in [-0.4, -0.2) is 90.3 Å². The van der Waals surface area contributed by atoms with E-state index in [0.29, 0.717) is 6.54 Å². The molecule has 0 bridgehead atoms. The molecule has 0 aromatic heterocycles. The Morgan fingerprint density at radius 3 is 2.46 bits per heavy atom. The summed E-state index contributed by atoms with van der Waals surface area (Å²) in [6.45, 7) is 6.54. The van der Waals surface area contributed by atoms with Crippen molar-refractivity contribution in [1.82, 2.24) is 20.0 Å². The van der Waals surface area contributed by atoms with E-state index in [-0.39, 0.29) is 17.7 Å². The molecule has 6 heteroatoms. The van der Waals surface area contributed by atoms with Gasteiger partial charge in [0.25, 0.3) is 0 Å². The number of urea groups is 1. The highest BCUT2D eigenvalue weighted by Crippen LogP contribution is 2.31. The molecule has 3 heterocycles. The minimum Gasteiger partial charge on any atom is -0.391 e. The Hall–Kier alpha value is -0.850. The Morgan fingerprint density at radius 1 is 1.08 bits per heavy atom. The summed E-state index contributed by atoms with van der Waals surface area (Å²) >= 11 is 0. The molecule has 3 aliphatic heterocycles. The fourth-order valence-corrected chi connectivity index (χ4v) is 4.50. The third kappa shape index (κ3) is 4.21. The van der Waals surface area contributed by atoms with E-state index in [9.17, 15) is 9.90 Å². The number of likely N-dealkylation sites (tertiary alicyclic amines) is 3. The third-order valence-corrected chi connectivity index (χ3v) is 6.20. The first kappa shape index (κ1) is 18.0. The SMILES string of the molecule is CN1CCC(CNC(=O)N2CCCC(O)C2)(N2CCCCC2)CC1. The van der Waals surface area contributed by atoms with E-state index in [1.807, 2.05) is 0 Å². The second-order valence-corrected chi connectivity index (χ2v) is 7.98. The van der Waals surface area contributed by atoms with Crippen molar-refractivity contribution in [3.63, 3.8) is 0 Å². The zero-order valence-corrected chi connectivity index (χ0v) is 15.2. The Balaban J connectivity index is 1.60. The summed E-state index contributed by atoms with van der Waals surface area (Å²) < 4.78 is 0. The number of amides is 2. The predicted molar refractivity (Wildman–Crippen MR) is 95.1 cm³/mol. The molecule has 1 atom stereocenters. The van der Waals surface area contributed by atoms with Crippen LogP contribution in [0.25, 0.3) is 0 Å². The number of β-amino-alcohol motifs (C(OH)–C–C–N with tert-alkyl or cyclic N) is 1. The highest BCUT2D eigenvalue weighted by atomic mass is 16.3. The van der Waals surface area contributed by atoms with Gasteiger partial charge in [-0.25, -0.2) is 4.79 Å². The molecule has 3 fully saturated rings. The lowest BCUT2D eigenvalue weighted by Gasteiger charge is -2.50. The first-order valence-electron chi connectivity index (χ1n) is 9.73. The molecule has 0 spiro atoms. The predicted octanol–water partition coefficient (Wildman–Crippen LogP) is 1.10. The summed E-state index contributed by atoms with van der Waals surface area (Å²) in [6, 6.07) is 0.00376. The number of aliphatic hydroxyl groups is 1. The fraction of sp³-hybridized carbons (Fsp3) is 0.944. The van der Waals surface area contributed by atoms with Gasteiger partial charge in [0.1, 0.15) is 0 Å². The minimum absolute atomic E-state index is 0.00376. The molecular formula is C18H34N4O2. The van der Waals surface area contributed by atoms with E-state index < -0.39 is 0 Å². The van der Waals surface area contributed by atoms with E-state index in [1.54, 1.807) is 4.90 Å². The van der Waals surface area contributed by atoms with Gasteiger partial charge in [0, 0.05) is 25.2 Å². The van der Waals surface area contributed by atoms with Gasteiger partial charge in [0.05, 0.1) is 6.10 Å². The van der Waals surface area contributed by atoms with Crippen molar-refractivity contribution in [2.24, 2.45) is 0 Å². The number of nitrogens with one attached hydrogen (secondary N) is 1. The van der Waals surface area contributed by atoms with Crippen molar-refractivity contribution in [3.8, 4) is 0 Å². The monoisotopic (exact) mass is 338 g/mol. The molecule has 0 aromatic rings. The number of piperidine rings is 3. The molecule has 0 aliphatic carbocycles. The largest absolute Gasteiger partial charge is 0.391 e. The molecule has 138 valence electrons. The van der Waals surface area contributed by atoms with Crippen LogP contribution in [0.5, 0.6) is 0 Å². The van der Waals surface area contributed by atoms with Crippen molar-refractivity contribution in [1.29, 1.82) is 0 Å². The van der Waals surface area contributed by atoms with Crippen LogP contribution in [0.4, 0.5) is 4.79 Å². The Morgan fingerprint density at radius 2 is 1.79 bits per heavy atom. The smallest absolute Gasteiger partial charge is 0.317 e. The molecule has 1 unspecified atom stereocenters. The van der Waals surface area contributed by atoms with Gasteiger partial charge in [-0.05, 0) is 71.8 Å². The van der Waals surface area contributed by atoms with E-state index >= 15 is 0 Å². The van der Waals surface area contributed by atoms with Gasteiger partial charge in [-0.2, -0.15) is 0 Å². The Labute approximate surface area is 146 Å². The van der Waals surface area contributed by atoms with Crippen LogP contribution in [0.3, 0.4) is 0 Å². The van der Waals surface area contributed by atoms with Gasteiger partial charge in [0.15, 0.2) is 0 Å². The summed E-state index contributed by atoms with van der Waals surface area (Å²) in [5, 5.41) is 13.0. The maximum atomic E-state index is 12.6. The first-order valence-corrected chi connectivity index (χ1v) is 9.73. The second kappa shape index (κ2) is 8.02. The van der Waals surface area contributed by atoms with E-state index in [0.717, 1.165) is 51.9 Å². The number of carbonyl (C=O) groups excluding carboxylic acids is 1. The molecule has 2 amide bonds. The number of hydrogen-bond donors (Lipinski definition) is 2. The fourth-order valence-electron chi connectivity index (χ4n) is 4.50. The second-order valence-electron chi connectivity index (χ2n) is 7.98. The van der Waals surface area contributed by atoms with Gasteiger partial charge in [0.2, 0.25) is 0 Å². The van der Waals surface area contributed by atoms with Gasteiger partial charge in [-0.1, -0.05) is 6.42 Å². The molecule has 2 N–H and O–H groups in total. The lowest BCUT2D eigenvalue weighted by Crippen LogP contribution is -2.62. The third-order valence-electron chi connectivity index (χ3n) is 6.20. The van der Waals surface area contributed by atoms with Crippen LogP contribution >= 0.6 is 0 Å². The van der Waals surface area contributed by atoms with Crippen LogP contribution in [0.15, 0.2) is 0 Å². The van der Waals surface area contributed by atoms with Crippen molar-refractivity contribution in [2.75, 3.05) is 52.9 Å². The average molecular weight is 338 g/mol. The van der Waals surface area contributed by atoms with Gasteiger partial charge in [-0.15, -0.1) is 0 Å². The molecule has 6 nitrogen and oxygen atoms in total. The normalized spacial score (nSPS) is 29.4. The Bertz CT molecular complexity index is 417. The topological polar surface area (TPSA) is 59.1 Å². The summed E-state index contributed by atoms with van der Waals surface area (Å²) in [4.78, 5) is 19.4. The quantitative estimate of drug-likeness (QED) is 0.809. The number of hydrogen-bond acceptors (Lipinski definition) is 4. The average Bonchev–Trinajstić information content (AvgIpc) is 2.62. The van der Waals surface area contributed by atoms with Crippen molar-refractivity contribution < 1.29 is 9.90 Å². The molecule has 3 aliphatic rings. The van der Waals surface area contributed by atoms with Crippen LogP contribution in [-0.2, 0) is 0 Å².